The van der Waals surface area contributed by atoms with Gasteiger partial charge in [0.25, 0.3) is 0 Å². The van der Waals surface area contributed by atoms with E-state index in [-0.39, 0.29) is 0 Å². The highest BCUT2D eigenvalue weighted by molar-refractivity contribution is 6.40. The maximum absolute atomic E-state index is 11.9. The second-order valence-corrected chi connectivity index (χ2v) is 5.87. The highest BCUT2D eigenvalue weighted by Gasteiger charge is 2.15. The van der Waals surface area contributed by atoms with Crippen molar-refractivity contribution in [3.8, 4) is 0 Å². The van der Waals surface area contributed by atoms with Crippen molar-refractivity contribution < 1.29 is 9.59 Å². The Labute approximate surface area is 149 Å². The van der Waals surface area contributed by atoms with Crippen LogP contribution in [0.25, 0.3) is 0 Å². The standard InChI is InChI=1S/C17H15Cl2N3O2/c1-10-5-3-6-11(2)15(10)21-16(23)17(24)22-20-9-12-13(18)7-4-8-14(12)19/h3-9H,1-2H3,(H,21,23)(H,22,24)/b20-9+. The average Bonchev–Trinajstić information content (AvgIpc) is 2.53. The van der Waals surface area contributed by atoms with Gasteiger partial charge in [0, 0.05) is 11.3 Å². The van der Waals surface area contributed by atoms with E-state index >= 15 is 0 Å². The Balaban J connectivity index is 2.02. The first-order valence-corrected chi connectivity index (χ1v) is 7.80. The molecular formula is C17H15Cl2N3O2. The fourth-order valence-electron chi connectivity index (χ4n) is 2.02. The lowest BCUT2D eigenvalue weighted by molar-refractivity contribution is -0.136. The zero-order chi connectivity index (χ0) is 17.7. The minimum Gasteiger partial charge on any atom is -0.317 e. The molecule has 2 rings (SSSR count). The second-order valence-electron chi connectivity index (χ2n) is 5.06. The molecule has 2 amide bonds. The van der Waals surface area contributed by atoms with E-state index < -0.39 is 11.8 Å². The Hall–Kier alpha value is -2.37. The molecule has 2 aromatic rings. The average molecular weight is 364 g/mol. The Morgan fingerprint density at radius 1 is 0.958 bits per heavy atom. The number of rotatable bonds is 3. The molecule has 0 aliphatic heterocycles. The maximum atomic E-state index is 11.9. The molecule has 24 heavy (non-hydrogen) atoms. The monoisotopic (exact) mass is 363 g/mol. The first kappa shape index (κ1) is 18.0. The fourth-order valence-corrected chi connectivity index (χ4v) is 2.52. The van der Waals surface area contributed by atoms with Crippen LogP contribution in [0.1, 0.15) is 16.7 Å². The molecule has 124 valence electrons. The van der Waals surface area contributed by atoms with Gasteiger partial charge in [0.1, 0.15) is 0 Å². The summed E-state index contributed by atoms with van der Waals surface area (Å²) in [5, 5.41) is 7.07. The Morgan fingerprint density at radius 3 is 2.08 bits per heavy atom. The smallest absolute Gasteiger partial charge is 0.317 e. The quantitative estimate of drug-likeness (QED) is 0.495. The van der Waals surface area contributed by atoms with Gasteiger partial charge in [-0.1, -0.05) is 47.5 Å². The molecule has 0 atom stereocenters. The first-order chi connectivity index (χ1) is 11.4. The van der Waals surface area contributed by atoms with E-state index in [1.165, 1.54) is 6.21 Å². The number of anilines is 1. The Kier molecular flexibility index (Phi) is 5.95. The van der Waals surface area contributed by atoms with Crippen LogP contribution in [-0.2, 0) is 9.59 Å². The minimum absolute atomic E-state index is 0.389. The number of carbonyl (C=O) groups is 2. The van der Waals surface area contributed by atoms with E-state index in [9.17, 15) is 9.59 Å². The van der Waals surface area contributed by atoms with Crippen LogP contribution >= 0.6 is 23.2 Å². The van der Waals surface area contributed by atoms with Gasteiger partial charge in [-0.05, 0) is 37.1 Å². The molecule has 0 aliphatic carbocycles. The topological polar surface area (TPSA) is 70.6 Å². The summed E-state index contributed by atoms with van der Waals surface area (Å²) in [5.74, 6) is -1.70. The van der Waals surface area contributed by atoms with Crippen molar-refractivity contribution in [2.75, 3.05) is 5.32 Å². The lowest BCUT2D eigenvalue weighted by atomic mass is 10.1. The Morgan fingerprint density at radius 2 is 1.50 bits per heavy atom. The number of carbonyl (C=O) groups excluding carboxylic acids is 2. The summed E-state index contributed by atoms with van der Waals surface area (Å²) in [6.45, 7) is 3.69. The highest BCUT2D eigenvalue weighted by Crippen LogP contribution is 2.22. The van der Waals surface area contributed by atoms with Gasteiger partial charge in [-0.15, -0.1) is 0 Å². The van der Waals surface area contributed by atoms with Crippen molar-refractivity contribution in [2.24, 2.45) is 5.10 Å². The summed E-state index contributed by atoms with van der Waals surface area (Å²) in [5.41, 5.74) is 4.93. The summed E-state index contributed by atoms with van der Waals surface area (Å²) in [6.07, 6.45) is 1.29. The van der Waals surface area contributed by atoms with Crippen LogP contribution in [-0.4, -0.2) is 18.0 Å². The third kappa shape index (κ3) is 4.34. The number of hydrogen-bond donors (Lipinski definition) is 2. The van der Waals surface area contributed by atoms with Crippen molar-refractivity contribution in [1.82, 2.24) is 5.43 Å². The summed E-state index contributed by atoms with van der Waals surface area (Å²) in [6, 6.07) is 10.5. The molecule has 0 unspecified atom stereocenters. The van der Waals surface area contributed by atoms with Crippen LogP contribution in [0, 0.1) is 13.8 Å². The fraction of sp³-hybridized carbons (Fsp3) is 0.118. The first-order valence-electron chi connectivity index (χ1n) is 7.04. The van der Waals surface area contributed by atoms with Gasteiger partial charge in [0.05, 0.1) is 16.3 Å². The van der Waals surface area contributed by atoms with Crippen molar-refractivity contribution in [3.63, 3.8) is 0 Å². The maximum Gasteiger partial charge on any atom is 0.329 e. The highest BCUT2D eigenvalue weighted by atomic mass is 35.5. The normalized spacial score (nSPS) is 10.7. The van der Waals surface area contributed by atoms with Gasteiger partial charge in [-0.2, -0.15) is 5.10 Å². The summed E-state index contributed by atoms with van der Waals surface area (Å²) in [7, 11) is 0. The van der Waals surface area contributed by atoms with Crippen molar-refractivity contribution in [3.05, 3.63) is 63.1 Å². The third-order valence-electron chi connectivity index (χ3n) is 3.29. The van der Waals surface area contributed by atoms with Crippen molar-refractivity contribution >= 4 is 46.9 Å². The molecule has 0 radical (unpaired) electrons. The zero-order valence-electron chi connectivity index (χ0n) is 13.1. The molecule has 0 heterocycles. The molecule has 7 heteroatoms. The molecule has 0 aromatic heterocycles. The second kappa shape index (κ2) is 7.95. The molecule has 0 fully saturated rings. The number of amides is 2. The molecule has 2 N–H and O–H groups in total. The van der Waals surface area contributed by atoms with E-state index in [0.29, 0.717) is 21.3 Å². The van der Waals surface area contributed by atoms with Gasteiger partial charge in [0.15, 0.2) is 0 Å². The van der Waals surface area contributed by atoms with Crippen LogP contribution in [0.15, 0.2) is 41.5 Å². The Bertz CT molecular complexity index is 779. The number of hydrogen-bond acceptors (Lipinski definition) is 3. The SMILES string of the molecule is Cc1cccc(C)c1NC(=O)C(=O)N/N=C/c1c(Cl)cccc1Cl. The zero-order valence-corrected chi connectivity index (χ0v) is 14.6. The predicted octanol–water partition coefficient (Wildman–Crippen LogP) is 3.70. The number of nitrogens with one attached hydrogen (secondary N) is 2. The van der Waals surface area contributed by atoms with E-state index in [1.807, 2.05) is 32.0 Å². The summed E-state index contributed by atoms with van der Waals surface area (Å²) < 4.78 is 0. The molecule has 5 nitrogen and oxygen atoms in total. The van der Waals surface area contributed by atoms with Crippen LogP contribution in [0.4, 0.5) is 5.69 Å². The molecule has 0 bridgehead atoms. The van der Waals surface area contributed by atoms with Crippen molar-refractivity contribution in [2.45, 2.75) is 13.8 Å². The molecule has 0 spiro atoms. The molecule has 2 aromatic carbocycles. The largest absolute Gasteiger partial charge is 0.329 e. The van der Waals surface area contributed by atoms with Crippen molar-refractivity contribution in [1.29, 1.82) is 0 Å². The van der Waals surface area contributed by atoms with Crippen LogP contribution in [0.5, 0.6) is 0 Å². The van der Waals surface area contributed by atoms with Gasteiger partial charge in [-0.3, -0.25) is 9.59 Å². The number of halogens is 2. The van der Waals surface area contributed by atoms with Gasteiger partial charge < -0.3 is 5.32 Å². The van der Waals surface area contributed by atoms with Crippen LogP contribution < -0.4 is 10.7 Å². The number of hydrazone groups is 1. The lowest BCUT2D eigenvalue weighted by Gasteiger charge is -2.10. The minimum atomic E-state index is -0.892. The molecule has 0 saturated heterocycles. The number of para-hydroxylation sites is 1. The third-order valence-corrected chi connectivity index (χ3v) is 3.94. The number of aryl methyl sites for hydroxylation is 2. The summed E-state index contributed by atoms with van der Waals surface area (Å²) in [4.78, 5) is 23.8. The molecule has 0 aliphatic rings. The van der Waals surface area contributed by atoms with E-state index in [1.54, 1.807) is 18.2 Å². The molecular weight excluding hydrogens is 349 g/mol. The van der Waals surface area contributed by atoms with E-state index in [2.05, 4.69) is 15.8 Å². The lowest BCUT2D eigenvalue weighted by Crippen LogP contribution is -2.32. The number of benzene rings is 2. The van der Waals surface area contributed by atoms with E-state index in [4.69, 9.17) is 23.2 Å². The molecule has 0 saturated carbocycles. The van der Waals surface area contributed by atoms with E-state index in [0.717, 1.165) is 11.1 Å². The van der Waals surface area contributed by atoms with Gasteiger partial charge >= 0.3 is 11.8 Å². The predicted molar refractivity (Wildman–Crippen MR) is 96.7 cm³/mol. The van der Waals surface area contributed by atoms with Crippen LogP contribution in [0.2, 0.25) is 10.0 Å². The van der Waals surface area contributed by atoms with Gasteiger partial charge in [-0.25, -0.2) is 5.43 Å². The number of nitrogens with zero attached hydrogens (tertiary/aromatic N) is 1. The van der Waals surface area contributed by atoms with Crippen LogP contribution in [0.3, 0.4) is 0 Å². The summed E-state index contributed by atoms with van der Waals surface area (Å²) >= 11 is 12.0. The van der Waals surface area contributed by atoms with Gasteiger partial charge in [0.2, 0.25) is 0 Å².